The zero-order chi connectivity index (χ0) is 53.6. The number of fused-ring (bicyclic) bond motifs is 10. The monoisotopic (exact) mass is 1080 g/mol. The fourth-order valence-electron chi connectivity index (χ4n) is 16.7. The quantitative estimate of drug-likeness (QED) is 0.0403. The number of rotatable bonds is 10. The summed E-state index contributed by atoms with van der Waals surface area (Å²) in [5.74, 6) is 2.39. The molecule has 0 amide bonds. The van der Waals surface area contributed by atoms with Crippen LogP contribution in [0.15, 0.2) is 68.6 Å². The van der Waals surface area contributed by atoms with Gasteiger partial charge < -0.3 is 33.9 Å². The molecule has 8 bridgehead atoms. The predicted octanol–water partition coefficient (Wildman–Crippen LogP) is 7.73. The smallest absolute Gasteiger partial charge is 0.466 e. The summed E-state index contributed by atoms with van der Waals surface area (Å²) in [6.07, 6.45) is 30.9. The summed E-state index contributed by atoms with van der Waals surface area (Å²) in [5.41, 5.74) is 2.31. The summed E-state index contributed by atoms with van der Waals surface area (Å²) in [7, 11) is 0. The standard InChI is InChI=1S/C30H40N4O4.C30H41N3O3.HNO2.Na/c1-2-38-30(36)28(32-37)27-29(35)34(26-13-6-5-12-25(26)31-27)24-17-21-10-7-11-22(18-24)33(21)23-15-19-8-3-4-9-20(14-19)16-23;1-2-36-29(34)19-27-30(35)33(28-13-6-5-12-26(28)31-27)25-17-22-10-7-11-23(18-25)32(22)24-15-20-8-3-4-9-21(14-20)16-24;2-1-3;/h5-6,12-13,19-24,37H,2-4,7-11,14-18H2,1H3;5-6,12-13,20-25H,2-4,7-11,14-19H2,1H3;(H,2,3);/q;;;+1/p-1/b32-28-;;;/t19?,20?,21-,22+,23?,24?;20?,21?,22-,23+,24?,25?;;. The number of hydrogen-bond acceptors (Lipinski definition) is 15. The van der Waals surface area contributed by atoms with Gasteiger partial charge in [0.05, 0.1) is 41.7 Å². The van der Waals surface area contributed by atoms with Gasteiger partial charge in [0.2, 0.25) is 5.71 Å². The van der Waals surface area contributed by atoms with Crippen molar-refractivity contribution in [2.45, 2.75) is 223 Å². The van der Waals surface area contributed by atoms with Gasteiger partial charge in [-0.3, -0.25) is 24.2 Å². The Labute approximate surface area is 480 Å². The third-order valence-corrected chi connectivity index (χ3v) is 19.4. The number of carbonyl (C=O) groups excluding carboxylic acids is 2. The van der Waals surface area contributed by atoms with Gasteiger partial charge in [-0.05, 0) is 152 Å². The van der Waals surface area contributed by atoms with Crippen LogP contribution in [-0.2, 0) is 25.5 Å². The maximum atomic E-state index is 14.0. The number of oxime groups is 1. The maximum absolute atomic E-state index is 14.0. The normalized spacial score (nSPS) is 30.9. The van der Waals surface area contributed by atoms with Gasteiger partial charge in [0, 0.05) is 48.3 Å². The average Bonchev–Trinajstić information content (AvgIpc) is 3.77. The summed E-state index contributed by atoms with van der Waals surface area (Å²) in [5, 5.41) is 21.8. The third kappa shape index (κ3) is 12.6. The number of piperidine rings is 4. The van der Waals surface area contributed by atoms with E-state index in [9.17, 15) is 24.4 Å². The predicted molar refractivity (Wildman–Crippen MR) is 296 cm³/mol. The van der Waals surface area contributed by atoms with E-state index in [0.717, 1.165) is 77.3 Å². The molecule has 4 saturated carbocycles. The number of esters is 2. The number of aromatic nitrogens is 4. The van der Waals surface area contributed by atoms with Crippen LogP contribution in [0.1, 0.15) is 191 Å². The van der Waals surface area contributed by atoms with Crippen molar-refractivity contribution in [1.82, 2.24) is 28.9 Å². The number of ether oxygens (including phenoxy) is 2. The van der Waals surface area contributed by atoms with Gasteiger partial charge in [-0.2, -0.15) is 0 Å². The van der Waals surface area contributed by atoms with E-state index in [1.165, 1.54) is 128 Å². The average molecular weight is 1080 g/mol. The van der Waals surface area contributed by atoms with Crippen molar-refractivity contribution >= 4 is 39.7 Å². The summed E-state index contributed by atoms with van der Waals surface area (Å²) >= 11 is 0. The van der Waals surface area contributed by atoms with Crippen molar-refractivity contribution in [1.29, 1.82) is 0 Å². The Morgan fingerprint density at radius 1 is 0.564 bits per heavy atom. The minimum atomic E-state index is -0.841. The van der Waals surface area contributed by atoms with Crippen molar-refractivity contribution in [3.8, 4) is 0 Å². The molecule has 4 saturated heterocycles. The van der Waals surface area contributed by atoms with Crippen LogP contribution in [0, 0.1) is 33.8 Å². The van der Waals surface area contributed by atoms with Crippen LogP contribution >= 0.6 is 0 Å². The maximum Gasteiger partial charge on any atom is 1.00 e. The molecule has 6 unspecified atom stereocenters. The molecule has 2 aromatic heterocycles. The molecule has 1 N–H and O–H groups in total. The molecule has 6 heterocycles. The van der Waals surface area contributed by atoms with Gasteiger partial charge >= 0.3 is 41.5 Å². The zero-order valence-electron chi connectivity index (χ0n) is 46.4. The first-order valence-corrected chi connectivity index (χ1v) is 29.7. The van der Waals surface area contributed by atoms with Crippen LogP contribution in [-0.4, -0.2) is 101 Å². The van der Waals surface area contributed by atoms with E-state index in [-0.39, 0.29) is 77.5 Å². The molecule has 0 radical (unpaired) electrons. The fourth-order valence-corrected chi connectivity index (χ4v) is 16.7. The minimum Gasteiger partial charge on any atom is -0.466 e. The number of carbonyl (C=O) groups is 2. The van der Waals surface area contributed by atoms with E-state index in [4.69, 9.17) is 19.6 Å². The van der Waals surface area contributed by atoms with E-state index < -0.39 is 11.7 Å². The SMILES string of the molecule is CCOC(=O)/C(=N\O)c1nc2ccccc2n(C2C[C@H]3CCC[C@@H](C2)N3C2CC3CCCCC(C3)C2)c1=O.CCOC(=O)Cc1nc2ccccc2n(C2C[C@H]3CCC[C@@H](C2)N3C2CC3CCCCC(C3)C2)c1=O.O=N[O-].[Na+]. The molecule has 8 fully saturated rings. The van der Waals surface area contributed by atoms with E-state index in [1.54, 1.807) is 13.8 Å². The molecule has 18 heteroatoms. The van der Waals surface area contributed by atoms with Gasteiger partial charge in [-0.1, -0.05) is 93.6 Å². The molecular weight excluding hydrogens is 1000 g/mol. The summed E-state index contributed by atoms with van der Waals surface area (Å²) < 4.78 is 14.0. The second-order valence-electron chi connectivity index (χ2n) is 23.9. The molecule has 4 aliphatic heterocycles. The first-order valence-electron chi connectivity index (χ1n) is 29.7. The molecule has 0 spiro atoms. The Morgan fingerprint density at radius 3 is 1.40 bits per heavy atom. The Balaban J connectivity index is 0.000000179. The molecule has 17 nitrogen and oxygen atoms in total. The second kappa shape index (κ2) is 26.8. The molecular formula is C60H81N8NaO9. The van der Waals surface area contributed by atoms with E-state index >= 15 is 0 Å². The second-order valence-corrected chi connectivity index (χ2v) is 23.9. The van der Waals surface area contributed by atoms with Crippen LogP contribution in [0.25, 0.3) is 22.1 Å². The van der Waals surface area contributed by atoms with Crippen LogP contribution in [0.3, 0.4) is 0 Å². The summed E-state index contributed by atoms with van der Waals surface area (Å²) in [4.78, 5) is 75.4. The van der Waals surface area contributed by atoms with Gasteiger partial charge in [0.25, 0.3) is 11.1 Å². The Kier molecular flexibility index (Phi) is 20.0. The Hall–Kier alpha value is -4.55. The summed E-state index contributed by atoms with van der Waals surface area (Å²) in [6, 6.07) is 19.1. The molecule has 416 valence electrons. The van der Waals surface area contributed by atoms with Gasteiger partial charge in [-0.15, -0.1) is 5.34 Å². The van der Waals surface area contributed by atoms with Crippen molar-refractivity contribution in [3.05, 3.63) is 90.7 Å². The summed E-state index contributed by atoms with van der Waals surface area (Å²) in [6.45, 7) is 3.89. The largest absolute Gasteiger partial charge is 1.00 e. The van der Waals surface area contributed by atoms with Crippen LogP contribution in [0.5, 0.6) is 0 Å². The number of nitrogens with zero attached hydrogens (tertiary/aromatic N) is 8. The van der Waals surface area contributed by atoms with Gasteiger partial charge in [0.15, 0.2) is 5.69 Å². The van der Waals surface area contributed by atoms with E-state index in [1.807, 2.05) is 57.7 Å². The van der Waals surface area contributed by atoms with E-state index in [0.29, 0.717) is 48.0 Å². The molecule has 4 aliphatic carbocycles. The molecule has 12 rings (SSSR count). The van der Waals surface area contributed by atoms with Gasteiger partial charge in [0.1, 0.15) is 5.69 Å². The number of hydrogen-bond donors (Lipinski definition) is 1. The number of benzene rings is 2. The van der Waals surface area contributed by atoms with Crippen LogP contribution in [0.4, 0.5) is 0 Å². The number of para-hydroxylation sites is 4. The van der Waals surface area contributed by atoms with Crippen molar-refractivity contribution < 1.29 is 53.8 Å². The Bertz CT molecular complexity index is 2820. The first-order chi connectivity index (χ1) is 37.6. The van der Waals surface area contributed by atoms with Crippen molar-refractivity contribution in [2.75, 3.05) is 13.2 Å². The topological polar surface area (TPSA) is 214 Å². The zero-order valence-corrected chi connectivity index (χ0v) is 48.4. The Morgan fingerprint density at radius 2 is 0.974 bits per heavy atom. The minimum absolute atomic E-state index is 0. The van der Waals surface area contributed by atoms with Crippen molar-refractivity contribution in [3.63, 3.8) is 0 Å². The molecule has 78 heavy (non-hydrogen) atoms. The molecule has 2 aromatic carbocycles. The third-order valence-electron chi connectivity index (χ3n) is 19.4. The molecule has 8 aliphatic rings. The fraction of sp³-hybridized carbons (Fsp3) is 0.683. The van der Waals surface area contributed by atoms with Crippen LogP contribution in [0.2, 0.25) is 0 Å². The molecule has 10 atom stereocenters. The van der Waals surface area contributed by atoms with Crippen LogP contribution < -0.4 is 40.7 Å². The molecule has 4 aromatic rings. The van der Waals surface area contributed by atoms with Crippen molar-refractivity contribution in [2.24, 2.45) is 34.2 Å². The first kappa shape index (κ1) is 58.1. The van der Waals surface area contributed by atoms with E-state index in [2.05, 4.69) is 24.9 Å². The van der Waals surface area contributed by atoms with Gasteiger partial charge in [-0.25, -0.2) is 14.8 Å².